The highest BCUT2D eigenvalue weighted by atomic mass is 19.1. The third-order valence-corrected chi connectivity index (χ3v) is 3.18. The summed E-state index contributed by atoms with van der Waals surface area (Å²) in [6.45, 7) is 7.78. The summed E-state index contributed by atoms with van der Waals surface area (Å²) in [5.74, 6) is -0.651. The number of amides is 2. The number of nitrogens with one attached hydrogen (secondary N) is 2. The standard InChI is InChI=1S/C17H25FN2O5/c1-6-24-14(22)19-11-7-8-13(18)12(9-11)17(5,10-21)20-15(23)25-16(2,3)4/h7-9,21H,6,10H2,1-5H3,(H,19,22)(H,20,23). The second-order valence-corrected chi connectivity index (χ2v) is 6.66. The molecule has 1 unspecified atom stereocenters. The number of benzene rings is 1. The summed E-state index contributed by atoms with van der Waals surface area (Å²) in [4.78, 5) is 23.5. The van der Waals surface area contributed by atoms with E-state index in [-0.39, 0.29) is 17.9 Å². The van der Waals surface area contributed by atoms with Gasteiger partial charge >= 0.3 is 12.2 Å². The molecule has 0 aliphatic carbocycles. The quantitative estimate of drug-likeness (QED) is 0.753. The Hall–Kier alpha value is -2.35. The second-order valence-electron chi connectivity index (χ2n) is 6.66. The Kier molecular flexibility index (Phi) is 6.75. The van der Waals surface area contributed by atoms with Crippen LogP contribution in [0.1, 0.15) is 40.2 Å². The van der Waals surface area contributed by atoms with Crippen molar-refractivity contribution in [3.63, 3.8) is 0 Å². The average molecular weight is 356 g/mol. The molecule has 0 aliphatic rings. The Bertz CT molecular complexity index is 630. The number of carbonyl (C=O) groups excluding carboxylic acids is 2. The zero-order chi connectivity index (χ0) is 19.3. The molecule has 0 bridgehead atoms. The van der Waals surface area contributed by atoms with Crippen molar-refractivity contribution >= 4 is 17.9 Å². The zero-order valence-electron chi connectivity index (χ0n) is 15.1. The van der Waals surface area contributed by atoms with Crippen LogP contribution in [-0.4, -0.2) is 36.1 Å². The van der Waals surface area contributed by atoms with Crippen LogP contribution in [0, 0.1) is 5.82 Å². The molecule has 0 spiro atoms. The van der Waals surface area contributed by atoms with Crippen molar-refractivity contribution in [1.82, 2.24) is 5.32 Å². The predicted octanol–water partition coefficient (Wildman–Crippen LogP) is 3.13. The number of carbonyl (C=O) groups is 2. The zero-order valence-corrected chi connectivity index (χ0v) is 15.1. The molecule has 3 N–H and O–H groups in total. The van der Waals surface area contributed by atoms with E-state index < -0.39 is 35.8 Å². The number of rotatable bonds is 5. The van der Waals surface area contributed by atoms with Gasteiger partial charge < -0.3 is 19.9 Å². The fraction of sp³-hybridized carbons (Fsp3) is 0.529. The third kappa shape index (κ3) is 6.22. The fourth-order valence-electron chi connectivity index (χ4n) is 2.03. The molecule has 0 aliphatic heterocycles. The van der Waals surface area contributed by atoms with Gasteiger partial charge in [0.2, 0.25) is 0 Å². The van der Waals surface area contributed by atoms with Crippen LogP contribution < -0.4 is 10.6 Å². The lowest BCUT2D eigenvalue weighted by molar-refractivity contribution is 0.0408. The maximum atomic E-state index is 14.3. The largest absolute Gasteiger partial charge is 0.450 e. The van der Waals surface area contributed by atoms with Gasteiger partial charge in [-0.2, -0.15) is 0 Å². The number of aliphatic hydroxyl groups excluding tert-OH is 1. The first kappa shape index (κ1) is 20.7. The van der Waals surface area contributed by atoms with Crippen molar-refractivity contribution in [2.75, 3.05) is 18.5 Å². The van der Waals surface area contributed by atoms with Crippen molar-refractivity contribution in [1.29, 1.82) is 0 Å². The Morgan fingerprint density at radius 1 is 1.20 bits per heavy atom. The van der Waals surface area contributed by atoms with E-state index in [4.69, 9.17) is 9.47 Å². The second kappa shape index (κ2) is 8.15. The van der Waals surface area contributed by atoms with Crippen molar-refractivity contribution < 1.29 is 28.6 Å². The van der Waals surface area contributed by atoms with Crippen LogP contribution in [0.25, 0.3) is 0 Å². The smallest absolute Gasteiger partial charge is 0.411 e. The average Bonchev–Trinajstić information content (AvgIpc) is 2.47. The molecular formula is C17H25FN2O5. The van der Waals surface area contributed by atoms with Crippen LogP contribution in [0.3, 0.4) is 0 Å². The van der Waals surface area contributed by atoms with Crippen LogP contribution in [-0.2, 0) is 15.0 Å². The van der Waals surface area contributed by atoms with Gasteiger partial charge in [0.1, 0.15) is 11.4 Å². The lowest BCUT2D eigenvalue weighted by atomic mass is 9.92. The molecule has 1 atom stereocenters. The summed E-state index contributed by atoms with van der Waals surface area (Å²) in [6.07, 6.45) is -1.49. The molecule has 0 saturated carbocycles. The van der Waals surface area contributed by atoms with Gasteiger partial charge in [-0.1, -0.05) is 0 Å². The SMILES string of the molecule is CCOC(=O)Nc1ccc(F)c(C(C)(CO)NC(=O)OC(C)(C)C)c1. The van der Waals surface area contributed by atoms with E-state index in [2.05, 4.69) is 10.6 Å². The molecule has 0 radical (unpaired) electrons. The van der Waals surface area contributed by atoms with Crippen LogP contribution >= 0.6 is 0 Å². The minimum Gasteiger partial charge on any atom is -0.450 e. The molecule has 140 valence electrons. The number of ether oxygens (including phenoxy) is 2. The lowest BCUT2D eigenvalue weighted by Gasteiger charge is -2.31. The van der Waals surface area contributed by atoms with E-state index >= 15 is 0 Å². The van der Waals surface area contributed by atoms with Gasteiger partial charge in [0.25, 0.3) is 0 Å². The van der Waals surface area contributed by atoms with Crippen molar-refractivity contribution in [3.05, 3.63) is 29.6 Å². The Balaban J connectivity index is 3.07. The molecule has 8 heteroatoms. The summed E-state index contributed by atoms with van der Waals surface area (Å²) >= 11 is 0. The Morgan fingerprint density at radius 2 is 1.84 bits per heavy atom. The van der Waals surface area contributed by atoms with Gasteiger partial charge in [0.15, 0.2) is 0 Å². The van der Waals surface area contributed by atoms with Crippen LogP contribution in [0.15, 0.2) is 18.2 Å². The van der Waals surface area contributed by atoms with E-state index in [0.29, 0.717) is 0 Å². The summed E-state index contributed by atoms with van der Waals surface area (Å²) < 4.78 is 24.2. The molecular weight excluding hydrogens is 331 g/mol. The number of anilines is 1. The Morgan fingerprint density at radius 3 is 2.36 bits per heavy atom. The van der Waals surface area contributed by atoms with Crippen molar-refractivity contribution in [2.45, 2.75) is 45.8 Å². The van der Waals surface area contributed by atoms with E-state index in [1.807, 2.05) is 0 Å². The molecule has 1 aromatic rings. The van der Waals surface area contributed by atoms with Gasteiger partial charge in [-0.25, -0.2) is 14.0 Å². The first-order valence-electron chi connectivity index (χ1n) is 7.86. The van der Waals surface area contributed by atoms with Gasteiger partial charge in [-0.05, 0) is 52.8 Å². The molecule has 0 fully saturated rings. The molecule has 25 heavy (non-hydrogen) atoms. The molecule has 0 aromatic heterocycles. The van der Waals surface area contributed by atoms with Gasteiger partial charge in [-0.15, -0.1) is 0 Å². The van der Waals surface area contributed by atoms with Gasteiger partial charge in [0, 0.05) is 11.3 Å². The summed E-state index contributed by atoms with van der Waals surface area (Å²) in [5, 5.41) is 14.6. The molecule has 0 heterocycles. The van der Waals surface area contributed by atoms with Gasteiger partial charge in [-0.3, -0.25) is 5.32 Å². The third-order valence-electron chi connectivity index (χ3n) is 3.18. The number of halogens is 1. The number of alkyl carbamates (subject to hydrolysis) is 1. The molecule has 0 saturated heterocycles. The number of aliphatic hydroxyl groups is 1. The first-order valence-corrected chi connectivity index (χ1v) is 7.86. The lowest BCUT2D eigenvalue weighted by Crippen LogP contribution is -2.48. The number of hydrogen-bond acceptors (Lipinski definition) is 5. The number of hydrogen-bond donors (Lipinski definition) is 3. The molecule has 1 rings (SSSR count). The monoisotopic (exact) mass is 356 g/mol. The van der Waals surface area contributed by atoms with Crippen molar-refractivity contribution in [2.24, 2.45) is 0 Å². The van der Waals surface area contributed by atoms with E-state index in [0.717, 1.165) is 6.07 Å². The Labute approximate surface area is 146 Å². The van der Waals surface area contributed by atoms with E-state index in [1.165, 1.54) is 19.1 Å². The maximum absolute atomic E-state index is 14.3. The predicted molar refractivity (Wildman–Crippen MR) is 90.9 cm³/mol. The summed E-state index contributed by atoms with van der Waals surface area (Å²) in [7, 11) is 0. The van der Waals surface area contributed by atoms with Crippen LogP contribution in [0.2, 0.25) is 0 Å². The highest BCUT2D eigenvalue weighted by Gasteiger charge is 2.33. The topological polar surface area (TPSA) is 96.9 Å². The fourth-order valence-corrected chi connectivity index (χ4v) is 2.03. The van der Waals surface area contributed by atoms with E-state index in [9.17, 15) is 19.1 Å². The van der Waals surface area contributed by atoms with Crippen LogP contribution in [0.5, 0.6) is 0 Å². The maximum Gasteiger partial charge on any atom is 0.411 e. The van der Waals surface area contributed by atoms with E-state index in [1.54, 1.807) is 27.7 Å². The minimum absolute atomic E-state index is 0.00448. The molecule has 7 nitrogen and oxygen atoms in total. The first-order chi connectivity index (χ1) is 11.5. The highest BCUT2D eigenvalue weighted by Crippen LogP contribution is 2.27. The highest BCUT2D eigenvalue weighted by molar-refractivity contribution is 5.84. The van der Waals surface area contributed by atoms with Crippen molar-refractivity contribution in [3.8, 4) is 0 Å². The minimum atomic E-state index is -1.45. The normalized spacial score (nSPS) is 13.6. The summed E-state index contributed by atoms with van der Waals surface area (Å²) in [5.41, 5.74) is -1.93. The van der Waals surface area contributed by atoms with Gasteiger partial charge in [0.05, 0.1) is 18.8 Å². The van der Waals surface area contributed by atoms with Crippen LogP contribution in [0.4, 0.5) is 19.7 Å². The molecule has 2 amide bonds. The summed E-state index contributed by atoms with van der Waals surface area (Å²) in [6, 6.07) is 3.79. The molecule has 1 aromatic carbocycles.